The molecule has 6 rings (SSSR count). The molecule has 0 spiro atoms. The molecule has 2 aromatic carbocycles. The highest BCUT2D eigenvalue weighted by Crippen LogP contribution is 2.42. The first-order chi connectivity index (χ1) is 20.0. The van der Waals surface area contributed by atoms with Gasteiger partial charge in [-0.2, -0.15) is 10.3 Å². The molecule has 2 aliphatic heterocycles. The summed E-state index contributed by atoms with van der Waals surface area (Å²) in [6.07, 6.45) is 0.709. The SMILES string of the molecule is N#Cc1cc(C(=N)OC(N)=N[C@H]2N=C(c3ccccc3)c3ccccc3NC2=O)c(N2CCOCC2)nc1C1CC1. The molecule has 2 fully saturated rings. The van der Waals surface area contributed by atoms with Crippen LogP contribution >= 0.6 is 0 Å². The fraction of sp³-hybridized carbons (Fsp3) is 0.267. The molecule has 1 saturated carbocycles. The van der Waals surface area contributed by atoms with Crippen molar-refractivity contribution < 1.29 is 14.3 Å². The summed E-state index contributed by atoms with van der Waals surface area (Å²) in [5, 5.41) is 21.4. The number of rotatable bonds is 5. The van der Waals surface area contributed by atoms with E-state index in [1.54, 1.807) is 12.1 Å². The lowest BCUT2D eigenvalue weighted by atomic mass is 10.0. The van der Waals surface area contributed by atoms with Gasteiger partial charge in [-0.05, 0) is 25.0 Å². The molecule has 206 valence electrons. The Morgan fingerprint density at radius 2 is 1.88 bits per heavy atom. The van der Waals surface area contributed by atoms with E-state index in [1.165, 1.54) is 0 Å². The number of carbonyl (C=O) groups is 1. The maximum Gasteiger partial charge on any atom is 0.291 e. The third-order valence-corrected chi connectivity index (χ3v) is 7.10. The zero-order valence-electron chi connectivity index (χ0n) is 22.2. The Hall–Kier alpha value is -5.08. The molecular formula is C30H28N8O3. The number of aromatic nitrogens is 1. The van der Waals surface area contributed by atoms with Gasteiger partial charge in [0, 0.05) is 30.1 Å². The number of para-hydroxylation sites is 1. The normalized spacial score (nSPS) is 18.9. The van der Waals surface area contributed by atoms with E-state index in [9.17, 15) is 10.1 Å². The predicted molar refractivity (Wildman–Crippen MR) is 154 cm³/mol. The van der Waals surface area contributed by atoms with Crippen molar-refractivity contribution in [2.45, 2.75) is 24.9 Å². The Balaban J connectivity index is 1.32. The predicted octanol–water partition coefficient (Wildman–Crippen LogP) is 3.14. The van der Waals surface area contributed by atoms with Crippen molar-refractivity contribution in [3.63, 3.8) is 0 Å². The van der Waals surface area contributed by atoms with Crippen LogP contribution in [0.5, 0.6) is 0 Å². The molecule has 3 aliphatic rings. The Morgan fingerprint density at radius 3 is 2.61 bits per heavy atom. The maximum atomic E-state index is 13.1. The zero-order chi connectivity index (χ0) is 28.3. The van der Waals surface area contributed by atoms with Gasteiger partial charge in [-0.15, -0.1) is 0 Å². The highest BCUT2D eigenvalue weighted by molar-refractivity contribution is 6.19. The number of morpholine rings is 1. The summed E-state index contributed by atoms with van der Waals surface area (Å²) >= 11 is 0. The van der Waals surface area contributed by atoms with Crippen molar-refractivity contribution >= 4 is 35.0 Å². The van der Waals surface area contributed by atoms with E-state index in [4.69, 9.17) is 25.6 Å². The second-order valence-corrected chi connectivity index (χ2v) is 9.93. The minimum absolute atomic E-state index is 0.245. The Bertz CT molecular complexity index is 1600. The molecule has 11 heteroatoms. The van der Waals surface area contributed by atoms with E-state index in [2.05, 4.69) is 21.4 Å². The number of amidine groups is 1. The number of nitrogens with two attached hydrogens (primary N) is 1. The fourth-order valence-corrected chi connectivity index (χ4v) is 4.92. The number of hydrogen-bond donors (Lipinski definition) is 3. The van der Waals surface area contributed by atoms with Crippen LogP contribution in [0.25, 0.3) is 0 Å². The largest absolute Gasteiger partial charge is 0.407 e. The van der Waals surface area contributed by atoms with E-state index in [0.29, 0.717) is 54.6 Å². The Morgan fingerprint density at radius 1 is 1.15 bits per heavy atom. The summed E-state index contributed by atoms with van der Waals surface area (Å²) in [5.74, 6) is -0.0323. The minimum atomic E-state index is -1.26. The van der Waals surface area contributed by atoms with Crippen LogP contribution in [0.4, 0.5) is 11.5 Å². The van der Waals surface area contributed by atoms with Crippen LogP contribution in [0, 0.1) is 16.7 Å². The maximum absolute atomic E-state index is 13.1. The summed E-state index contributed by atoms with van der Waals surface area (Å²) in [4.78, 5) is 28.9. The molecule has 1 aromatic heterocycles. The fourth-order valence-electron chi connectivity index (χ4n) is 4.92. The van der Waals surface area contributed by atoms with Crippen LogP contribution in [-0.2, 0) is 14.3 Å². The van der Waals surface area contributed by atoms with E-state index >= 15 is 0 Å². The lowest BCUT2D eigenvalue weighted by molar-refractivity contribution is -0.117. The first-order valence-electron chi connectivity index (χ1n) is 13.4. The zero-order valence-corrected chi connectivity index (χ0v) is 22.2. The highest BCUT2D eigenvalue weighted by Gasteiger charge is 2.32. The molecule has 1 saturated heterocycles. The first kappa shape index (κ1) is 26.2. The highest BCUT2D eigenvalue weighted by atomic mass is 16.5. The third kappa shape index (κ3) is 5.50. The van der Waals surface area contributed by atoms with Crippen LogP contribution < -0.4 is 16.0 Å². The van der Waals surface area contributed by atoms with E-state index in [1.807, 2.05) is 53.4 Å². The average Bonchev–Trinajstić information content (AvgIpc) is 3.86. The van der Waals surface area contributed by atoms with Gasteiger partial charge >= 0.3 is 0 Å². The smallest absolute Gasteiger partial charge is 0.291 e. The number of ether oxygens (including phenoxy) is 2. The summed E-state index contributed by atoms with van der Waals surface area (Å²) in [6.45, 7) is 2.23. The number of benzene rings is 2. The van der Waals surface area contributed by atoms with Crippen LogP contribution in [0.3, 0.4) is 0 Å². The Kier molecular flexibility index (Phi) is 7.14. The standard InChI is InChI=1S/C30H28N8O3/c31-17-20-16-22(28(36-24(20)19-10-11-19)38-12-14-40-15-13-38)26(32)41-30(33)37-27-29(39)34-23-9-5-4-8-21(23)25(35-27)18-6-2-1-3-7-18/h1-9,16,19,27,32H,10-15H2,(H2,33,37)(H,34,39)/t27-/m1/s1. The van der Waals surface area contributed by atoms with Crippen LogP contribution in [0.1, 0.15) is 46.7 Å². The summed E-state index contributed by atoms with van der Waals surface area (Å²) in [6, 6.07) is 20.3. The second-order valence-electron chi connectivity index (χ2n) is 9.93. The van der Waals surface area contributed by atoms with Gasteiger partial charge < -0.3 is 25.4 Å². The van der Waals surface area contributed by atoms with Crippen molar-refractivity contribution in [1.29, 1.82) is 10.7 Å². The van der Waals surface area contributed by atoms with Gasteiger partial charge in [0.1, 0.15) is 11.9 Å². The lowest BCUT2D eigenvalue weighted by Gasteiger charge is -2.30. The molecule has 41 heavy (non-hydrogen) atoms. The molecule has 0 radical (unpaired) electrons. The van der Waals surface area contributed by atoms with Crippen molar-refractivity contribution in [2.24, 2.45) is 15.7 Å². The molecule has 1 atom stereocenters. The van der Waals surface area contributed by atoms with Gasteiger partial charge in [-0.1, -0.05) is 48.5 Å². The summed E-state index contributed by atoms with van der Waals surface area (Å²) in [7, 11) is 0. The van der Waals surface area contributed by atoms with Crippen LogP contribution in [0.15, 0.2) is 70.6 Å². The lowest BCUT2D eigenvalue weighted by Crippen LogP contribution is -2.38. The van der Waals surface area contributed by atoms with E-state index < -0.39 is 18.1 Å². The number of fused-ring (bicyclic) bond motifs is 1. The number of nitrogens with one attached hydrogen (secondary N) is 2. The number of nitriles is 1. The van der Waals surface area contributed by atoms with Gasteiger partial charge in [0.25, 0.3) is 11.9 Å². The Labute approximate surface area is 236 Å². The molecule has 0 bridgehead atoms. The molecule has 11 nitrogen and oxygen atoms in total. The number of aliphatic imine (C=N–C) groups is 2. The van der Waals surface area contributed by atoms with Crippen LogP contribution in [-0.4, -0.2) is 61.0 Å². The topological polar surface area (TPSA) is 162 Å². The van der Waals surface area contributed by atoms with E-state index in [-0.39, 0.29) is 11.8 Å². The number of anilines is 2. The molecule has 3 heterocycles. The van der Waals surface area contributed by atoms with Crippen LogP contribution in [0.2, 0.25) is 0 Å². The number of carbonyl (C=O) groups excluding carboxylic acids is 1. The van der Waals surface area contributed by atoms with Gasteiger partial charge in [-0.3, -0.25) is 10.2 Å². The molecule has 1 aliphatic carbocycles. The molecule has 0 unspecified atom stereocenters. The second kappa shape index (κ2) is 11.2. The summed E-state index contributed by atoms with van der Waals surface area (Å²) < 4.78 is 11.1. The number of hydrogen-bond acceptors (Lipinski definition) is 9. The minimum Gasteiger partial charge on any atom is -0.407 e. The summed E-state index contributed by atoms with van der Waals surface area (Å²) in [5.41, 5.74) is 10.3. The van der Waals surface area contributed by atoms with E-state index in [0.717, 1.165) is 29.7 Å². The van der Waals surface area contributed by atoms with Crippen molar-refractivity contribution in [1.82, 2.24) is 4.98 Å². The quantitative estimate of drug-likeness (QED) is 0.326. The molecular weight excluding hydrogens is 520 g/mol. The van der Waals surface area contributed by atoms with Gasteiger partial charge in [0.15, 0.2) is 0 Å². The average molecular weight is 549 g/mol. The number of pyridine rings is 1. The third-order valence-electron chi connectivity index (χ3n) is 7.10. The first-order valence-corrected chi connectivity index (χ1v) is 13.4. The van der Waals surface area contributed by atoms with Crippen molar-refractivity contribution in [2.75, 3.05) is 36.5 Å². The molecule has 1 amide bonds. The van der Waals surface area contributed by atoms with Crippen molar-refractivity contribution in [3.8, 4) is 6.07 Å². The van der Waals surface area contributed by atoms with Crippen molar-refractivity contribution in [3.05, 3.63) is 88.6 Å². The van der Waals surface area contributed by atoms with Gasteiger partial charge in [0.2, 0.25) is 12.1 Å². The van der Waals surface area contributed by atoms with Gasteiger partial charge in [-0.25, -0.2) is 9.98 Å². The number of nitrogens with zero attached hydrogens (tertiary/aromatic N) is 5. The molecule has 3 aromatic rings. The monoisotopic (exact) mass is 548 g/mol. The van der Waals surface area contributed by atoms with Gasteiger partial charge in [0.05, 0.1) is 41.4 Å². The number of amides is 1. The number of benzodiazepines with no additional fused rings is 1. The molecule has 4 N–H and O–H groups in total.